The Hall–Kier alpha value is -1.88. The first-order valence-electron chi connectivity index (χ1n) is 10.1. The van der Waals surface area contributed by atoms with Crippen LogP contribution in [0.5, 0.6) is 0 Å². The monoisotopic (exact) mass is 353 g/mol. The molecule has 5 rings (SSSR count). The smallest absolute Gasteiger partial charge is 0.222 e. The number of amides is 1. The highest BCUT2D eigenvalue weighted by Gasteiger charge is 2.56. The van der Waals surface area contributed by atoms with Gasteiger partial charge in [0.2, 0.25) is 5.91 Å². The van der Waals surface area contributed by atoms with E-state index in [-0.39, 0.29) is 5.91 Å². The van der Waals surface area contributed by atoms with Crippen LogP contribution in [-0.4, -0.2) is 34.2 Å². The van der Waals surface area contributed by atoms with Gasteiger partial charge >= 0.3 is 0 Å². The number of ether oxygens (including phenoxy) is 1. The lowest BCUT2D eigenvalue weighted by Gasteiger charge is -2.50. The van der Waals surface area contributed by atoms with Gasteiger partial charge in [0.05, 0.1) is 23.5 Å². The molecule has 4 atom stereocenters. The Kier molecular flexibility index (Phi) is 4.20. The van der Waals surface area contributed by atoms with Crippen LogP contribution in [-0.2, 0) is 16.1 Å². The molecule has 0 spiro atoms. The maximum Gasteiger partial charge on any atom is 0.222 e. The number of fused-ring (bicyclic) bond motifs is 2. The van der Waals surface area contributed by atoms with Gasteiger partial charge in [-0.3, -0.25) is 4.79 Å². The second-order valence-electron chi connectivity index (χ2n) is 8.18. The number of carbonyl (C=O) groups excluding carboxylic acids is 1. The molecule has 5 heteroatoms. The first-order chi connectivity index (χ1) is 12.8. The van der Waals surface area contributed by atoms with Crippen LogP contribution in [0.1, 0.15) is 38.5 Å². The van der Waals surface area contributed by atoms with Crippen LogP contribution in [0.4, 0.5) is 0 Å². The molecular weight excluding hydrogens is 326 g/mol. The molecule has 3 fully saturated rings. The fourth-order valence-electron chi connectivity index (χ4n) is 5.53. The van der Waals surface area contributed by atoms with Crippen molar-refractivity contribution in [2.75, 3.05) is 6.61 Å². The normalized spacial score (nSPS) is 31.1. The van der Waals surface area contributed by atoms with Gasteiger partial charge in [-0.05, 0) is 24.5 Å². The van der Waals surface area contributed by atoms with Crippen molar-refractivity contribution in [1.29, 1.82) is 0 Å². The molecule has 1 aromatic heterocycles. The fourth-order valence-corrected chi connectivity index (χ4v) is 5.53. The molecule has 5 nitrogen and oxygen atoms in total. The number of hydrogen-bond donors (Lipinski definition) is 1. The first-order valence-corrected chi connectivity index (χ1v) is 10.1. The molecular formula is C21H27N3O2. The van der Waals surface area contributed by atoms with Crippen molar-refractivity contribution in [2.24, 2.45) is 17.8 Å². The van der Waals surface area contributed by atoms with Crippen molar-refractivity contribution in [3.05, 3.63) is 30.6 Å². The van der Waals surface area contributed by atoms with E-state index in [0.29, 0.717) is 36.9 Å². The van der Waals surface area contributed by atoms with Gasteiger partial charge in [-0.25, -0.2) is 4.98 Å². The molecule has 138 valence electrons. The molecule has 0 bridgehead atoms. The molecule has 1 aliphatic heterocycles. The largest absolute Gasteiger partial charge is 0.377 e. The van der Waals surface area contributed by atoms with Gasteiger partial charge in [0.1, 0.15) is 0 Å². The summed E-state index contributed by atoms with van der Waals surface area (Å²) in [7, 11) is 0. The third-order valence-electron chi connectivity index (χ3n) is 6.82. The Balaban J connectivity index is 1.22. The zero-order chi connectivity index (χ0) is 17.5. The number of hydrogen-bond acceptors (Lipinski definition) is 3. The second kappa shape index (κ2) is 6.69. The topological polar surface area (TPSA) is 56.2 Å². The van der Waals surface area contributed by atoms with Crippen molar-refractivity contribution < 1.29 is 9.53 Å². The number of aryl methyl sites for hydroxylation is 1. The lowest BCUT2D eigenvalue weighted by molar-refractivity contribution is -0.130. The van der Waals surface area contributed by atoms with Crippen molar-refractivity contribution in [2.45, 2.75) is 57.2 Å². The molecule has 2 aliphatic carbocycles. The van der Waals surface area contributed by atoms with Crippen LogP contribution >= 0.6 is 0 Å². The molecule has 3 aliphatic rings. The Bertz CT molecular complexity index is 791. The predicted molar refractivity (Wildman–Crippen MR) is 99.6 cm³/mol. The lowest BCUT2D eigenvalue weighted by atomic mass is 9.61. The van der Waals surface area contributed by atoms with Gasteiger partial charge in [-0.15, -0.1) is 0 Å². The number of para-hydroxylation sites is 2. The third-order valence-corrected chi connectivity index (χ3v) is 6.82. The summed E-state index contributed by atoms with van der Waals surface area (Å²) < 4.78 is 8.07. The van der Waals surface area contributed by atoms with E-state index >= 15 is 0 Å². The predicted octanol–water partition coefficient (Wildman–Crippen LogP) is 3.14. The lowest BCUT2D eigenvalue weighted by Crippen LogP contribution is -2.63. The number of benzene rings is 1. The summed E-state index contributed by atoms with van der Waals surface area (Å²) >= 11 is 0. The van der Waals surface area contributed by atoms with E-state index < -0.39 is 0 Å². The Morgan fingerprint density at radius 3 is 2.96 bits per heavy atom. The number of aromatic nitrogens is 2. The summed E-state index contributed by atoms with van der Waals surface area (Å²) in [6.07, 6.45) is 9.15. The molecule has 1 amide bonds. The van der Waals surface area contributed by atoms with Gasteiger partial charge in [-0.1, -0.05) is 37.8 Å². The van der Waals surface area contributed by atoms with E-state index in [1.54, 1.807) is 0 Å². The van der Waals surface area contributed by atoms with Crippen LogP contribution in [0, 0.1) is 17.8 Å². The van der Waals surface area contributed by atoms with Gasteiger partial charge in [0.25, 0.3) is 0 Å². The van der Waals surface area contributed by atoms with E-state index in [9.17, 15) is 4.79 Å². The molecule has 26 heavy (non-hydrogen) atoms. The molecule has 1 saturated heterocycles. The van der Waals surface area contributed by atoms with Crippen molar-refractivity contribution in [1.82, 2.24) is 14.9 Å². The molecule has 2 heterocycles. The van der Waals surface area contributed by atoms with Gasteiger partial charge < -0.3 is 14.6 Å². The van der Waals surface area contributed by atoms with Gasteiger partial charge in [0.15, 0.2) is 0 Å². The Morgan fingerprint density at radius 1 is 1.23 bits per heavy atom. The maximum absolute atomic E-state index is 12.6. The second-order valence-corrected chi connectivity index (χ2v) is 8.18. The summed E-state index contributed by atoms with van der Waals surface area (Å²) in [5, 5.41) is 3.37. The Labute approximate surface area is 154 Å². The number of carbonyl (C=O) groups is 1. The number of nitrogens with one attached hydrogen (secondary N) is 1. The molecule has 2 aromatic rings. The summed E-state index contributed by atoms with van der Waals surface area (Å²) in [5.41, 5.74) is 2.08. The van der Waals surface area contributed by atoms with Crippen LogP contribution in [0.2, 0.25) is 0 Å². The highest BCUT2D eigenvalue weighted by Crippen LogP contribution is 2.51. The van der Waals surface area contributed by atoms with Crippen molar-refractivity contribution in [3.63, 3.8) is 0 Å². The first kappa shape index (κ1) is 16.3. The van der Waals surface area contributed by atoms with Gasteiger partial charge in [-0.2, -0.15) is 0 Å². The number of imidazole rings is 1. The Morgan fingerprint density at radius 2 is 2.08 bits per heavy atom. The summed E-state index contributed by atoms with van der Waals surface area (Å²) in [6.45, 7) is 1.55. The van der Waals surface area contributed by atoms with E-state index in [1.165, 1.54) is 25.7 Å². The van der Waals surface area contributed by atoms with E-state index in [1.807, 2.05) is 24.5 Å². The van der Waals surface area contributed by atoms with E-state index in [4.69, 9.17) is 4.74 Å². The average molecular weight is 353 g/mol. The quantitative estimate of drug-likeness (QED) is 0.898. The molecule has 0 unspecified atom stereocenters. The minimum absolute atomic E-state index is 0.168. The van der Waals surface area contributed by atoms with E-state index in [0.717, 1.165) is 30.0 Å². The molecule has 1 aromatic carbocycles. The fraction of sp³-hybridized carbons (Fsp3) is 0.619. The summed E-state index contributed by atoms with van der Waals surface area (Å²) in [5.74, 6) is 2.00. The summed E-state index contributed by atoms with van der Waals surface area (Å²) in [4.78, 5) is 17.0. The molecule has 1 N–H and O–H groups in total. The van der Waals surface area contributed by atoms with Gasteiger partial charge in [0, 0.05) is 37.5 Å². The summed E-state index contributed by atoms with van der Waals surface area (Å²) in [6, 6.07) is 8.40. The average Bonchev–Trinajstić information content (AvgIpc) is 3.39. The maximum atomic E-state index is 12.6. The SMILES string of the molecule is O=C(CCn1cnc2ccccc21)N[C@@H]1[C@@H]2CCO[C@@H]2[C@@H]1C1CCCC1. The third kappa shape index (κ3) is 2.73. The van der Waals surface area contributed by atoms with E-state index in [2.05, 4.69) is 20.9 Å². The van der Waals surface area contributed by atoms with Crippen LogP contribution < -0.4 is 5.32 Å². The highest BCUT2D eigenvalue weighted by atomic mass is 16.5. The highest BCUT2D eigenvalue weighted by molar-refractivity contribution is 5.78. The number of nitrogens with zero attached hydrogens (tertiary/aromatic N) is 2. The zero-order valence-corrected chi connectivity index (χ0v) is 15.1. The molecule has 2 saturated carbocycles. The van der Waals surface area contributed by atoms with Crippen LogP contribution in [0.15, 0.2) is 30.6 Å². The van der Waals surface area contributed by atoms with Crippen molar-refractivity contribution >= 4 is 16.9 Å². The zero-order valence-electron chi connectivity index (χ0n) is 15.1. The van der Waals surface area contributed by atoms with Crippen molar-refractivity contribution in [3.8, 4) is 0 Å². The van der Waals surface area contributed by atoms with Crippen LogP contribution in [0.3, 0.4) is 0 Å². The minimum atomic E-state index is 0.168. The minimum Gasteiger partial charge on any atom is -0.377 e. The standard InChI is InChI=1S/C21H27N3O2/c25-18(9-11-24-13-22-16-7-3-4-8-17(16)24)23-20-15-10-12-26-21(15)19(20)14-5-1-2-6-14/h3-4,7-8,13-15,19-21H,1-2,5-6,9-12H2,(H,23,25)/t15-,19+,20+,21-/m0/s1. The van der Waals surface area contributed by atoms with Crippen LogP contribution in [0.25, 0.3) is 11.0 Å². The number of rotatable bonds is 5. The molecule has 0 radical (unpaired) electrons.